The van der Waals surface area contributed by atoms with E-state index < -0.39 is 0 Å². The number of hydrogen-bond acceptors (Lipinski definition) is 4. The second kappa shape index (κ2) is 7.32. The summed E-state index contributed by atoms with van der Waals surface area (Å²) in [6.07, 6.45) is 0. The molecule has 1 N–H and O–H groups in total. The summed E-state index contributed by atoms with van der Waals surface area (Å²) in [5.74, 6) is -0.0974. The van der Waals surface area contributed by atoms with E-state index in [0.29, 0.717) is 18.0 Å². The van der Waals surface area contributed by atoms with Crippen LogP contribution >= 0.6 is 11.3 Å². The molecule has 0 bridgehead atoms. The maximum absolute atomic E-state index is 12.5. The lowest BCUT2D eigenvalue weighted by molar-refractivity contribution is 0.0953. The molecule has 0 saturated carbocycles. The van der Waals surface area contributed by atoms with E-state index in [9.17, 15) is 4.79 Å². The van der Waals surface area contributed by atoms with Crippen LogP contribution in [-0.2, 0) is 13.1 Å². The molecule has 2 aromatic carbocycles. The third-order valence-electron chi connectivity index (χ3n) is 4.44. The van der Waals surface area contributed by atoms with Crippen molar-refractivity contribution < 1.29 is 4.79 Å². The van der Waals surface area contributed by atoms with Crippen LogP contribution in [0, 0.1) is 13.8 Å². The molecule has 136 valence electrons. The number of benzene rings is 2. The predicted octanol–water partition coefficient (Wildman–Crippen LogP) is 4.09. The number of nitrogens with zero attached hydrogens (tertiary/aromatic N) is 3. The first-order valence-electron chi connectivity index (χ1n) is 8.82. The van der Waals surface area contributed by atoms with Crippen molar-refractivity contribution in [2.75, 3.05) is 0 Å². The number of aromatic nitrogens is 3. The second-order valence-electron chi connectivity index (χ2n) is 6.44. The van der Waals surface area contributed by atoms with Crippen molar-refractivity contribution in [2.45, 2.75) is 26.9 Å². The van der Waals surface area contributed by atoms with Crippen LogP contribution in [-0.4, -0.2) is 20.7 Å². The number of carbonyl (C=O) groups is 1. The molecule has 0 aliphatic rings. The summed E-state index contributed by atoms with van der Waals surface area (Å²) in [6, 6.07) is 18.4. The van der Waals surface area contributed by atoms with Crippen LogP contribution in [0.2, 0.25) is 0 Å². The number of rotatable bonds is 5. The molecule has 4 aromatic rings. The Labute approximate surface area is 161 Å². The maximum atomic E-state index is 12.5. The molecule has 0 aliphatic carbocycles. The number of hydrogen-bond donors (Lipinski definition) is 1. The Balaban J connectivity index is 1.58. The van der Waals surface area contributed by atoms with Gasteiger partial charge in [0.05, 0.1) is 35.0 Å². The zero-order valence-corrected chi connectivity index (χ0v) is 16.1. The van der Waals surface area contributed by atoms with Crippen LogP contribution in [0.15, 0.2) is 54.6 Å². The van der Waals surface area contributed by atoms with Crippen LogP contribution in [0.5, 0.6) is 0 Å². The minimum absolute atomic E-state index is 0.0974. The van der Waals surface area contributed by atoms with E-state index >= 15 is 0 Å². The number of fused-ring (bicyclic) bond motifs is 1. The molecule has 4 rings (SSSR count). The molecule has 1 amide bonds. The van der Waals surface area contributed by atoms with Gasteiger partial charge in [-0.05, 0) is 25.5 Å². The van der Waals surface area contributed by atoms with Crippen molar-refractivity contribution in [3.63, 3.8) is 0 Å². The quantitative estimate of drug-likeness (QED) is 0.571. The molecule has 2 aromatic heterocycles. The van der Waals surface area contributed by atoms with Gasteiger partial charge in [0.15, 0.2) is 0 Å². The van der Waals surface area contributed by atoms with Crippen molar-refractivity contribution in [3.05, 3.63) is 81.4 Å². The van der Waals surface area contributed by atoms with Crippen LogP contribution in [0.25, 0.3) is 10.9 Å². The molecule has 0 fully saturated rings. The Hall–Kier alpha value is -2.99. The first kappa shape index (κ1) is 17.4. The molecule has 0 atom stereocenters. The fraction of sp³-hybridized carbons (Fsp3) is 0.190. The van der Waals surface area contributed by atoms with Crippen molar-refractivity contribution in [1.82, 2.24) is 20.1 Å². The smallest absolute Gasteiger partial charge is 0.263 e. The number of amides is 1. The topological polar surface area (TPSA) is 59.8 Å². The van der Waals surface area contributed by atoms with Gasteiger partial charge in [0.2, 0.25) is 0 Å². The summed E-state index contributed by atoms with van der Waals surface area (Å²) in [5.41, 5.74) is 3.90. The molecule has 2 heterocycles. The summed E-state index contributed by atoms with van der Waals surface area (Å²) in [4.78, 5) is 17.5. The summed E-state index contributed by atoms with van der Waals surface area (Å²) in [6.45, 7) is 4.86. The van der Waals surface area contributed by atoms with E-state index in [4.69, 9.17) is 5.10 Å². The lowest BCUT2D eigenvalue weighted by Gasteiger charge is -2.03. The highest BCUT2D eigenvalue weighted by molar-refractivity contribution is 7.13. The first-order chi connectivity index (χ1) is 13.1. The molecule has 0 saturated heterocycles. The summed E-state index contributed by atoms with van der Waals surface area (Å²) in [7, 11) is 0. The van der Waals surface area contributed by atoms with Gasteiger partial charge in [0, 0.05) is 5.39 Å². The van der Waals surface area contributed by atoms with Crippen LogP contribution in [0.4, 0.5) is 0 Å². The van der Waals surface area contributed by atoms with E-state index in [1.165, 1.54) is 16.9 Å². The molecule has 0 radical (unpaired) electrons. The van der Waals surface area contributed by atoms with Gasteiger partial charge >= 0.3 is 0 Å². The zero-order valence-electron chi connectivity index (χ0n) is 15.3. The standard InChI is InChI=1S/C21H20N4OS/c1-14-20(27-15(2)23-14)21(26)22-12-18-17-10-6-7-11-19(17)25(24-18)13-16-8-4-3-5-9-16/h3-11H,12-13H2,1-2H3,(H,22,26). The molecule has 6 heteroatoms. The van der Waals surface area contributed by atoms with E-state index in [-0.39, 0.29) is 5.91 Å². The van der Waals surface area contributed by atoms with Gasteiger partial charge in [0.25, 0.3) is 5.91 Å². The van der Waals surface area contributed by atoms with Gasteiger partial charge in [0.1, 0.15) is 4.88 Å². The lowest BCUT2D eigenvalue weighted by Crippen LogP contribution is -2.23. The highest BCUT2D eigenvalue weighted by Crippen LogP contribution is 2.21. The van der Waals surface area contributed by atoms with Gasteiger partial charge in [-0.2, -0.15) is 5.10 Å². The minimum atomic E-state index is -0.0974. The van der Waals surface area contributed by atoms with Gasteiger partial charge in [-0.15, -0.1) is 11.3 Å². The van der Waals surface area contributed by atoms with Crippen LogP contribution < -0.4 is 5.32 Å². The second-order valence-corrected chi connectivity index (χ2v) is 7.64. The number of nitrogens with one attached hydrogen (secondary N) is 1. The Morgan fingerprint density at radius 3 is 2.56 bits per heavy atom. The third kappa shape index (κ3) is 3.61. The number of carbonyl (C=O) groups excluding carboxylic acids is 1. The van der Waals surface area contributed by atoms with Gasteiger partial charge in [-0.25, -0.2) is 4.98 Å². The van der Waals surface area contributed by atoms with E-state index in [0.717, 1.165) is 27.3 Å². The maximum Gasteiger partial charge on any atom is 0.263 e. The summed E-state index contributed by atoms with van der Waals surface area (Å²) in [5, 5.41) is 9.72. The Kier molecular flexibility index (Phi) is 4.73. The summed E-state index contributed by atoms with van der Waals surface area (Å²) < 4.78 is 1.99. The van der Waals surface area contributed by atoms with Crippen molar-refractivity contribution >= 4 is 28.1 Å². The Morgan fingerprint density at radius 2 is 1.81 bits per heavy atom. The van der Waals surface area contributed by atoms with E-state index in [2.05, 4.69) is 28.5 Å². The van der Waals surface area contributed by atoms with Crippen molar-refractivity contribution in [2.24, 2.45) is 0 Å². The Bertz CT molecular complexity index is 1100. The molecule has 0 spiro atoms. The normalized spacial score (nSPS) is 11.0. The summed E-state index contributed by atoms with van der Waals surface area (Å²) >= 11 is 1.42. The third-order valence-corrected chi connectivity index (χ3v) is 5.51. The minimum Gasteiger partial charge on any atom is -0.346 e. The molecule has 0 aliphatic heterocycles. The SMILES string of the molecule is Cc1nc(C)c(C(=O)NCc2nn(Cc3ccccc3)c3ccccc23)s1. The van der Waals surface area contributed by atoms with E-state index in [1.807, 2.05) is 54.9 Å². The average molecular weight is 376 g/mol. The number of thiazole rings is 1. The van der Waals surface area contributed by atoms with E-state index in [1.54, 1.807) is 0 Å². The van der Waals surface area contributed by atoms with Gasteiger partial charge < -0.3 is 5.32 Å². The van der Waals surface area contributed by atoms with Crippen molar-refractivity contribution in [3.8, 4) is 0 Å². The fourth-order valence-electron chi connectivity index (χ4n) is 3.19. The molecule has 27 heavy (non-hydrogen) atoms. The first-order valence-corrected chi connectivity index (χ1v) is 9.64. The van der Waals surface area contributed by atoms with Crippen molar-refractivity contribution in [1.29, 1.82) is 0 Å². The number of para-hydroxylation sites is 1. The fourth-order valence-corrected chi connectivity index (χ4v) is 4.03. The largest absolute Gasteiger partial charge is 0.346 e. The highest BCUT2D eigenvalue weighted by Gasteiger charge is 2.16. The monoisotopic (exact) mass is 376 g/mol. The highest BCUT2D eigenvalue weighted by atomic mass is 32.1. The van der Waals surface area contributed by atoms with Gasteiger partial charge in [-0.3, -0.25) is 9.48 Å². The molecule has 5 nitrogen and oxygen atoms in total. The van der Waals surface area contributed by atoms with Crippen LogP contribution in [0.3, 0.4) is 0 Å². The zero-order chi connectivity index (χ0) is 18.8. The molecular formula is C21H20N4OS. The average Bonchev–Trinajstić information content (AvgIpc) is 3.20. The number of aryl methyl sites for hydroxylation is 2. The van der Waals surface area contributed by atoms with Crippen LogP contribution in [0.1, 0.15) is 31.6 Å². The van der Waals surface area contributed by atoms with Gasteiger partial charge in [-0.1, -0.05) is 48.5 Å². The predicted molar refractivity (Wildman–Crippen MR) is 108 cm³/mol. The Morgan fingerprint density at radius 1 is 1.07 bits per heavy atom. The lowest BCUT2D eigenvalue weighted by atomic mass is 10.2. The molecule has 0 unspecified atom stereocenters. The molecular weight excluding hydrogens is 356 g/mol.